The van der Waals surface area contributed by atoms with Crippen molar-refractivity contribution >= 4 is 0 Å². The molecule has 180 valence electrons. The van der Waals surface area contributed by atoms with Crippen LogP contribution in [0.15, 0.2) is 0 Å². The van der Waals surface area contributed by atoms with E-state index in [2.05, 4.69) is 0 Å². The first-order valence-corrected chi connectivity index (χ1v) is 14.2. The second-order valence-corrected chi connectivity index (χ2v) is 13.0. The van der Waals surface area contributed by atoms with E-state index in [-0.39, 0.29) is 0 Å². The van der Waals surface area contributed by atoms with Gasteiger partial charge in [0.2, 0.25) is 0 Å². The van der Waals surface area contributed by atoms with Crippen LogP contribution >= 0.6 is 0 Å². The highest BCUT2D eigenvalue weighted by atomic mass is 16.6. The van der Waals surface area contributed by atoms with Gasteiger partial charge in [-0.05, 0) is 124 Å². The summed E-state index contributed by atoms with van der Waals surface area (Å²) in [5.74, 6) is 6.12. The lowest BCUT2D eigenvalue weighted by Gasteiger charge is -2.66. The van der Waals surface area contributed by atoms with Crippen LogP contribution in [0.3, 0.4) is 0 Å². The Kier molecular flexibility index (Phi) is 5.62. The molecule has 2 heterocycles. The van der Waals surface area contributed by atoms with Gasteiger partial charge in [-0.3, -0.25) is 0 Å². The van der Waals surface area contributed by atoms with Crippen molar-refractivity contribution in [2.24, 2.45) is 40.9 Å². The lowest BCUT2D eigenvalue weighted by molar-refractivity contribution is -0.177. The van der Waals surface area contributed by atoms with Crippen molar-refractivity contribution in [3.8, 4) is 0 Å². The highest BCUT2D eigenvalue weighted by molar-refractivity contribution is 5.10. The van der Waals surface area contributed by atoms with E-state index in [0.717, 1.165) is 61.9 Å². The quantitative estimate of drug-likeness (QED) is 0.472. The maximum Gasteiger partial charge on any atom is 0.104 e. The number of hydrogen-bond donors (Lipinski definition) is 0. The van der Waals surface area contributed by atoms with Crippen LogP contribution in [0, 0.1) is 40.9 Å². The monoisotopic (exact) mass is 444 g/mol. The van der Waals surface area contributed by atoms with E-state index < -0.39 is 0 Å². The molecule has 8 rings (SSSR count). The van der Waals surface area contributed by atoms with Crippen LogP contribution in [0.25, 0.3) is 0 Å². The van der Waals surface area contributed by atoms with Gasteiger partial charge in [-0.1, -0.05) is 0 Å². The third-order valence-corrected chi connectivity index (χ3v) is 11.0. The first-order valence-electron chi connectivity index (χ1n) is 14.2. The lowest BCUT2D eigenvalue weighted by atomic mass is 9.38. The van der Waals surface area contributed by atoms with Crippen molar-refractivity contribution in [2.45, 2.75) is 108 Å². The molecule has 32 heavy (non-hydrogen) atoms. The van der Waals surface area contributed by atoms with Gasteiger partial charge in [0.05, 0.1) is 38.6 Å². The van der Waals surface area contributed by atoms with E-state index in [1.165, 1.54) is 51.4 Å². The highest BCUT2D eigenvalue weighted by Crippen LogP contribution is 2.69. The van der Waals surface area contributed by atoms with Gasteiger partial charge in [-0.25, -0.2) is 0 Å². The van der Waals surface area contributed by atoms with Crippen LogP contribution in [0.5, 0.6) is 0 Å². The topological polar surface area (TPSA) is 43.5 Å². The van der Waals surface area contributed by atoms with E-state index >= 15 is 0 Å². The molecule has 0 amide bonds. The van der Waals surface area contributed by atoms with Crippen LogP contribution in [0.1, 0.15) is 83.5 Å². The van der Waals surface area contributed by atoms with Gasteiger partial charge in [-0.2, -0.15) is 0 Å². The van der Waals surface area contributed by atoms with Crippen molar-refractivity contribution in [3.63, 3.8) is 0 Å². The minimum Gasteiger partial charge on any atom is -0.375 e. The third kappa shape index (κ3) is 4.10. The Labute approximate surface area is 194 Å². The third-order valence-electron chi connectivity index (χ3n) is 11.0. The highest BCUT2D eigenvalue weighted by Gasteiger charge is 2.61. The predicted octanol–water partition coefficient (Wildman–Crippen LogP) is 5.38. The molecule has 6 saturated carbocycles. The van der Waals surface area contributed by atoms with Gasteiger partial charge in [0.1, 0.15) is 12.2 Å². The van der Waals surface area contributed by atoms with Crippen molar-refractivity contribution in [3.05, 3.63) is 0 Å². The van der Waals surface area contributed by atoms with E-state index in [4.69, 9.17) is 18.9 Å². The molecule has 5 unspecified atom stereocenters. The zero-order valence-electron chi connectivity index (χ0n) is 19.9. The first-order chi connectivity index (χ1) is 15.7. The Morgan fingerprint density at radius 3 is 1.69 bits per heavy atom. The molecule has 4 heteroatoms. The molecule has 8 aliphatic rings. The first kappa shape index (κ1) is 21.1. The van der Waals surface area contributed by atoms with Crippen molar-refractivity contribution in [1.82, 2.24) is 0 Å². The summed E-state index contributed by atoms with van der Waals surface area (Å²) in [4.78, 5) is 0. The summed E-state index contributed by atoms with van der Waals surface area (Å²) in [6.07, 6.45) is 20.6. The summed E-state index contributed by atoms with van der Waals surface area (Å²) >= 11 is 0. The molecular formula is C28H44O4. The predicted molar refractivity (Wildman–Crippen MR) is 122 cm³/mol. The number of rotatable bonds is 8. The summed E-state index contributed by atoms with van der Waals surface area (Å²) in [5.41, 5.74) is 0.680. The summed E-state index contributed by atoms with van der Waals surface area (Å²) in [5, 5.41) is 0. The van der Waals surface area contributed by atoms with Crippen molar-refractivity contribution < 1.29 is 18.9 Å². The second-order valence-electron chi connectivity index (χ2n) is 13.0. The SMILES string of the molecule is C1C2CC3CC1CC(C1CCC(OCC4CO4)CC1)(C2)C3C1CCC(OCC2CO2)CC1. The molecule has 4 bridgehead atoms. The van der Waals surface area contributed by atoms with Crippen LogP contribution in [-0.2, 0) is 18.9 Å². The number of hydrogen-bond acceptors (Lipinski definition) is 4. The van der Waals surface area contributed by atoms with E-state index in [0.29, 0.717) is 29.8 Å². The second kappa shape index (κ2) is 8.50. The molecule has 2 aliphatic heterocycles. The molecule has 0 aromatic heterocycles. The standard InChI is InChI=1S/C28H44O4/c1-5-23(29-14-25-16-31-25)6-2-20(1)27-21-10-18-9-19(11-21)13-28(27,12-18)22-3-7-24(8-4-22)30-15-26-17-32-26/h18-27H,1-17H2. The Bertz CT molecular complexity index is 642. The average Bonchev–Trinajstić information content (AvgIpc) is 3.72. The molecule has 0 N–H and O–H groups in total. The zero-order chi connectivity index (χ0) is 21.1. The maximum absolute atomic E-state index is 6.23. The fourth-order valence-electron chi connectivity index (χ4n) is 9.84. The van der Waals surface area contributed by atoms with Crippen LogP contribution in [-0.4, -0.2) is 50.8 Å². The molecule has 0 radical (unpaired) electrons. The van der Waals surface area contributed by atoms with Crippen LogP contribution in [0.4, 0.5) is 0 Å². The molecule has 0 aromatic carbocycles. The van der Waals surface area contributed by atoms with Gasteiger partial charge in [-0.15, -0.1) is 0 Å². The molecule has 0 spiro atoms. The summed E-state index contributed by atoms with van der Waals surface area (Å²) in [6.45, 7) is 3.53. The minimum absolute atomic E-state index is 0.413. The van der Waals surface area contributed by atoms with Gasteiger partial charge in [0, 0.05) is 0 Å². The largest absolute Gasteiger partial charge is 0.375 e. The molecular weight excluding hydrogens is 400 g/mol. The fourth-order valence-corrected chi connectivity index (χ4v) is 9.84. The van der Waals surface area contributed by atoms with Gasteiger partial charge >= 0.3 is 0 Å². The van der Waals surface area contributed by atoms with E-state index in [9.17, 15) is 0 Å². The number of ether oxygens (including phenoxy) is 4. The lowest BCUT2D eigenvalue weighted by Crippen LogP contribution is -2.58. The summed E-state index contributed by atoms with van der Waals surface area (Å²) in [6, 6.07) is 0. The van der Waals surface area contributed by atoms with Crippen molar-refractivity contribution in [2.75, 3.05) is 26.4 Å². The Balaban J connectivity index is 1.02. The molecule has 4 nitrogen and oxygen atoms in total. The summed E-state index contributed by atoms with van der Waals surface area (Å²) < 4.78 is 23.2. The summed E-state index contributed by atoms with van der Waals surface area (Å²) in [7, 11) is 0. The van der Waals surface area contributed by atoms with Gasteiger partial charge in [0.15, 0.2) is 0 Å². The Morgan fingerprint density at radius 1 is 0.625 bits per heavy atom. The zero-order valence-corrected chi connectivity index (χ0v) is 19.9. The van der Waals surface area contributed by atoms with Crippen LogP contribution < -0.4 is 0 Å². The average molecular weight is 445 g/mol. The van der Waals surface area contributed by atoms with Gasteiger partial charge in [0.25, 0.3) is 0 Å². The molecule has 5 atom stereocenters. The normalized spacial score (nSPS) is 54.0. The molecule has 2 saturated heterocycles. The van der Waals surface area contributed by atoms with E-state index in [1.54, 1.807) is 32.1 Å². The fraction of sp³-hybridized carbons (Fsp3) is 1.00. The molecule has 0 aromatic rings. The Hall–Kier alpha value is -0.160. The molecule has 6 aliphatic carbocycles. The minimum atomic E-state index is 0.413. The maximum atomic E-state index is 6.23. The van der Waals surface area contributed by atoms with Crippen LogP contribution in [0.2, 0.25) is 0 Å². The van der Waals surface area contributed by atoms with E-state index in [1.807, 2.05) is 0 Å². The smallest absolute Gasteiger partial charge is 0.104 e. The van der Waals surface area contributed by atoms with Crippen molar-refractivity contribution in [1.29, 1.82) is 0 Å². The van der Waals surface area contributed by atoms with Gasteiger partial charge < -0.3 is 18.9 Å². The number of epoxide rings is 2. The molecule has 8 fully saturated rings. The Morgan fingerprint density at radius 2 is 1.16 bits per heavy atom.